The van der Waals surface area contributed by atoms with E-state index in [0.717, 1.165) is 15.8 Å². The molecule has 8 heteroatoms. The van der Waals surface area contributed by atoms with Crippen LogP contribution in [0.3, 0.4) is 0 Å². The maximum absolute atomic E-state index is 12.1. The third-order valence-corrected chi connectivity index (χ3v) is 4.00. The molecule has 2 aromatic rings. The van der Waals surface area contributed by atoms with Crippen molar-refractivity contribution in [2.24, 2.45) is 5.10 Å². The van der Waals surface area contributed by atoms with Gasteiger partial charge in [-0.1, -0.05) is 27.5 Å². The SMILES string of the molecule is CCOc1ccc(/C=N/NC(=O)CNC(=O)c2cc(Br)ccc2Cl)cc1. The number of hydrogen-bond donors (Lipinski definition) is 2. The number of nitrogens with zero attached hydrogens (tertiary/aromatic N) is 1. The molecular weight excluding hydrogens is 422 g/mol. The lowest BCUT2D eigenvalue weighted by Crippen LogP contribution is -2.35. The van der Waals surface area contributed by atoms with Crippen molar-refractivity contribution in [1.82, 2.24) is 10.7 Å². The van der Waals surface area contributed by atoms with E-state index in [2.05, 4.69) is 31.8 Å². The largest absolute Gasteiger partial charge is 0.494 e. The molecule has 6 nitrogen and oxygen atoms in total. The third-order valence-electron chi connectivity index (χ3n) is 3.18. The van der Waals surface area contributed by atoms with E-state index in [1.54, 1.807) is 18.2 Å². The first kappa shape index (κ1) is 19.9. The van der Waals surface area contributed by atoms with Gasteiger partial charge >= 0.3 is 0 Å². The molecule has 2 amide bonds. The summed E-state index contributed by atoms with van der Waals surface area (Å²) in [7, 11) is 0. The summed E-state index contributed by atoms with van der Waals surface area (Å²) in [6.45, 7) is 2.29. The van der Waals surface area contributed by atoms with Crippen molar-refractivity contribution < 1.29 is 14.3 Å². The van der Waals surface area contributed by atoms with E-state index in [4.69, 9.17) is 16.3 Å². The predicted molar refractivity (Wildman–Crippen MR) is 105 cm³/mol. The topological polar surface area (TPSA) is 79.8 Å². The number of ether oxygens (including phenoxy) is 1. The molecule has 0 radical (unpaired) electrons. The van der Waals surface area contributed by atoms with E-state index < -0.39 is 11.8 Å². The summed E-state index contributed by atoms with van der Waals surface area (Å²) in [5, 5.41) is 6.64. The van der Waals surface area contributed by atoms with Crippen LogP contribution in [-0.2, 0) is 4.79 Å². The highest BCUT2D eigenvalue weighted by Gasteiger charge is 2.11. The van der Waals surface area contributed by atoms with Gasteiger partial charge in [-0.3, -0.25) is 9.59 Å². The monoisotopic (exact) mass is 437 g/mol. The van der Waals surface area contributed by atoms with Crippen molar-refractivity contribution in [3.8, 4) is 5.75 Å². The summed E-state index contributed by atoms with van der Waals surface area (Å²) in [5.41, 5.74) is 3.43. The molecular formula is C18H17BrClN3O3. The Kier molecular flexibility index (Phi) is 7.62. The van der Waals surface area contributed by atoms with Crippen molar-refractivity contribution in [3.63, 3.8) is 0 Å². The Morgan fingerprint density at radius 2 is 1.96 bits per heavy atom. The van der Waals surface area contributed by atoms with Gasteiger partial charge in [0.2, 0.25) is 0 Å². The highest BCUT2D eigenvalue weighted by molar-refractivity contribution is 9.10. The van der Waals surface area contributed by atoms with Crippen LogP contribution in [0, 0.1) is 0 Å². The molecule has 0 saturated heterocycles. The van der Waals surface area contributed by atoms with Crippen LogP contribution in [0.1, 0.15) is 22.8 Å². The minimum atomic E-state index is -0.452. The lowest BCUT2D eigenvalue weighted by molar-refractivity contribution is -0.120. The van der Waals surface area contributed by atoms with E-state index in [1.807, 2.05) is 31.2 Å². The van der Waals surface area contributed by atoms with Crippen LogP contribution >= 0.6 is 27.5 Å². The summed E-state index contributed by atoms with van der Waals surface area (Å²) >= 11 is 9.24. The van der Waals surface area contributed by atoms with E-state index in [1.165, 1.54) is 6.21 Å². The molecule has 0 atom stereocenters. The first-order valence-corrected chi connectivity index (χ1v) is 8.94. The first-order valence-electron chi connectivity index (χ1n) is 7.77. The molecule has 0 spiro atoms. The van der Waals surface area contributed by atoms with Crippen molar-refractivity contribution in [1.29, 1.82) is 0 Å². The molecule has 0 heterocycles. The zero-order valence-corrected chi connectivity index (χ0v) is 16.3. The van der Waals surface area contributed by atoms with E-state index in [0.29, 0.717) is 11.6 Å². The number of amides is 2. The molecule has 0 bridgehead atoms. The highest BCUT2D eigenvalue weighted by atomic mass is 79.9. The van der Waals surface area contributed by atoms with Crippen LogP contribution in [0.15, 0.2) is 52.0 Å². The molecule has 0 unspecified atom stereocenters. The smallest absolute Gasteiger partial charge is 0.259 e. The lowest BCUT2D eigenvalue weighted by atomic mass is 10.2. The van der Waals surface area contributed by atoms with Gasteiger partial charge in [-0.25, -0.2) is 5.43 Å². The number of nitrogens with one attached hydrogen (secondary N) is 2. The molecule has 26 heavy (non-hydrogen) atoms. The number of rotatable bonds is 7. The second-order valence-electron chi connectivity index (χ2n) is 5.10. The third kappa shape index (κ3) is 6.16. The van der Waals surface area contributed by atoms with Crippen LogP contribution in [0.5, 0.6) is 5.75 Å². The zero-order chi connectivity index (χ0) is 18.9. The highest BCUT2D eigenvalue weighted by Crippen LogP contribution is 2.20. The van der Waals surface area contributed by atoms with Gasteiger partial charge in [0.1, 0.15) is 5.75 Å². The average molecular weight is 439 g/mol. The standard InChI is InChI=1S/C18H17BrClN3O3/c1-2-26-14-6-3-12(4-7-14)10-22-23-17(24)11-21-18(25)15-9-13(19)5-8-16(15)20/h3-10H,2,11H2,1H3,(H,21,25)(H,23,24)/b22-10+. The normalized spacial score (nSPS) is 10.6. The summed E-state index contributed by atoms with van der Waals surface area (Å²) in [5.74, 6) is -0.129. The first-order chi connectivity index (χ1) is 12.5. The maximum Gasteiger partial charge on any atom is 0.259 e. The zero-order valence-electron chi connectivity index (χ0n) is 14.0. The molecule has 0 aliphatic carbocycles. The van der Waals surface area contributed by atoms with Crippen LogP contribution < -0.4 is 15.5 Å². The van der Waals surface area contributed by atoms with E-state index in [-0.39, 0.29) is 12.1 Å². The number of carbonyl (C=O) groups excluding carboxylic acids is 2. The molecule has 2 N–H and O–H groups in total. The van der Waals surface area contributed by atoms with E-state index in [9.17, 15) is 9.59 Å². The van der Waals surface area contributed by atoms with Gasteiger partial charge in [0, 0.05) is 4.47 Å². The Hall–Kier alpha value is -2.38. The van der Waals surface area contributed by atoms with Gasteiger partial charge < -0.3 is 10.1 Å². The Labute approximate surface area is 164 Å². The summed E-state index contributed by atoms with van der Waals surface area (Å²) in [6, 6.07) is 12.2. The van der Waals surface area contributed by atoms with Crippen LogP contribution in [0.2, 0.25) is 5.02 Å². The molecule has 136 valence electrons. The second kappa shape index (κ2) is 9.94. The van der Waals surface area contributed by atoms with Gasteiger partial charge in [0.25, 0.3) is 11.8 Å². The van der Waals surface area contributed by atoms with Gasteiger partial charge in [-0.2, -0.15) is 5.10 Å². The Morgan fingerprint density at radius 1 is 1.23 bits per heavy atom. The predicted octanol–water partition coefficient (Wildman–Crippen LogP) is 3.38. The summed E-state index contributed by atoms with van der Waals surface area (Å²) in [6.07, 6.45) is 1.50. The van der Waals surface area contributed by atoms with Gasteiger partial charge in [0.05, 0.1) is 30.0 Å². The van der Waals surface area contributed by atoms with E-state index >= 15 is 0 Å². The number of carbonyl (C=O) groups is 2. The van der Waals surface area contributed by atoms with Crippen molar-refractivity contribution in [2.45, 2.75) is 6.92 Å². The van der Waals surface area contributed by atoms with Gasteiger partial charge in [-0.15, -0.1) is 0 Å². The van der Waals surface area contributed by atoms with Crippen molar-refractivity contribution >= 4 is 45.6 Å². The Bertz CT molecular complexity index is 810. The molecule has 0 aromatic heterocycles. The summed E-state index contributed by atoms with van der Waals surface area (Å²) < 4.78 is 6.06. The van der Waals surface area contributed by atoms with Gasteiger partial charge in [-0.05, 0) is 55.0 Å². The average Bonchev–Trinajstić information content (AvgIpc) is 2.63. The van der Waals surface area contributed by atoms with Crippen LogP contribution in [0.25, 0.3) is 0 Å². The van der Waals surface area contributed by atoms with Crippen LogP contribution in [-0.4, -0.2) is 31.2 Å². The minimum Gasteiger partial charge on any atom is -0.494 e. The number of halogens is 2. The Balaban J connectivity index is 1.81. The number of benzene rings is 2. The van der Waals surface area contributed by atoms with Crippen LogP contribution in [0.4, 0.5) is 0 Å². The maximum atomic E-state index is 12.1. The van der Waals surface area contributed by atoms with Crippen molar-refractivity contribution in [3.05, 3.63) is 63.1 Å². The fraction of sp³-hybridized carbons (Fsp3) is 0.167. The molecule has 0 saturated carbocycles. The number of hydrogen-bond acceptors (Lipinski definition) is 4. The van der Waals surface area contributed by atoms with Crippen molar-refractivity contribution in [2.75, 3.05) is 13.2 Å². The quantitative estimate of drug-likeness (QED) is 0.514. The molecule has 0 aliphatic rings. The minimum absolute atomic E-state index is 0.220. The Morgan fingerprint density at radius 3 is 2.65 bits per heavy atom. The fourth-order valence-electron chi connectivity index (χ4n) is 1.96. The second-order valence-corrected chi connectivity index (χ2v) is 6.42. The molecule has 0 aliphatic heterocycles. The fourth-order valence-corrected chi connectivity index (χ4v) is 2.53. The summed E-state index contributed by atoms with van der Waals surface area (Å²) in [4.78, 5) is 23.8. The molecule has 0 fully saturated rings. The number of hydrazone groups is 1. The lowest BCUT2D eigenvalue weighted by Gasteiger charge is -2.06. The van der Waals surface area contributed by atoms with Gasteiger partial charge in [0.15, 0.2) is 0 Å². The molecule has 2 aromatic carbocycles. The molecule has 2 rings (SSSR count).